The number of ether oxygens (including phenoxy) is 2. The first-order valence-corrected chi connectivity index (χ1v) is 12.5. The SMILES string of the molecule is Cc1cc(C(=O)CSc2nnc(C3COc4ccccc4O3)n2C)c(C)n1Cc1cccs1. The van der Waals surface area contributed by atoms with Gasteiger partial charge in [-0.2, -0.15) is 0 Å². The van der Waals surface area contributed by atoms with Gasteiger partial charge in [-0.05, 0) is 43.5 Å². The summed E-state index contributed by atoms with van der Waals surface area (Å²) in [6.45, 7) is 5.21. The van der Waals surface area contributed by atoms with Gasteiger partial charge in [0.25, 0.3) is 0 Å². The molecule has 33 heavy (non-hydrogen) atoms. The van der Waals surface area contributed by atoms with Crippen LogP contribution in [-0.2, 0) is 13.6 Å². The average molecular weight is 481 g/mol. The number of rotatable bonds is 7. The molecule has 0 aliphatic carbocycles. The van der Waals surface area contributed by atoms with Gasteiger partial charge in [0.15, 0.2) is 34.4 Å². The Labute approximate surface area is 200 Å². The third kappa shape index (κ3) is 4.30. The van der Waals surface area contributed by atoms with Crippen LogP contribution < -0.4 is 9.47 Å². The van der Waals surface area contributed by atoms with Gasteiger partial charge in [0, 0.05) is 28.9 Å². The van der Waals surface area contributed by atoms with Crippen molar-refractivity contribution in [1.29, 1.82) is 0 Å². The molecule has 9 heteroatoms. The summed E-state index contributed by atoms with van der Waals surface area (Å²) < 4.78 is 15.9. The van der Waals surface area contributed by atoms with E-state index in [1.165, 1.54) is 16.6 Å². The quantitative estimate of drug-likeness (QED) is 0.279. The van der Waals surface area contributed by atoms with Crippen molar-refractivity contribution in [2.75, 3.05) is 12.4 Å². The Morgan fingerprint density at radius 2 is 2.00 bits per heavy atom. The van der Waals surface area contributed by atoms with Crippen molar-refractivity contribution in [3.8, 4) is 11.5 Å². The molecule has 0 saturated heterocycles. The summed E-state index contributed by atoms with van der Waals surface area (Å²) in [5.74, 6) is 2.47. The molecular weight excluding hydrogens is 456 g/mol. The minimum absolute atomic E-state index is 0.0845. The number of aromatic nitrogens is 4. The topological polar surface area (TPSA) is 71.2 Å². The van der Waals surface area contributed by atoms with E-state index >= 15 is 0 Å². The zero-order chi connectivity index (χ0) is 22.9. The molecule has 170 valence electrons. The summed E-state index contributed by atoms with van der Waals surface area (Å²) in [5, 5.41) is 11.4. The van der Waals surface area contributed by atoms with Crippen LogP contribution in [0.5, 0.6) is 11.5 Å². The van der Waals surface area contributed by atoms with Gasteiger partial charge in [-0.3, -0.25) is 4.79 Å². The maximum atomic E-state index is 13.0. The van der Waals surface area contributed by atoms with E-state index in [9.17, 15) is 4.79 Å². The van der Waals surface area contributed by atoms with Gasteiger partial charge in [0.05, 0.1) is 12.3 Å². The van der Waals surface area contributed by atoms with Crippen LogP contribution in [0.2, 0.25) is 0 Å². The van der Waals surface area contributed by atoms with E-state index < -0.39 is 0 Å². The van der Waals surface area contributed by atoms with Crippen LogP contribution in [0.25, 0.3) is 0 Å². The second-order valence-electron chi connectivity index (χ2n) is 7.93. The van der Waals surface area contributed by atoms with E-state index in [2.05, 4.69) is 32.3 Å². The molecule has 0 bridgehead atoms. The lowest BCUT2D eigenvalue weighted by atomic mass is 10.2. The monoisotopic (exact) mass is 480 g/mol. The predicted octanol–water partition coefficient (Wildman–Crippen LogP) is 4.83. The van der Waals surface area contributed by atoms with E-state index in [0.717, 1.165) is 29.2 Å². The molecule has 7 nitrogen and oxygen atoms in total. The molecule has 1 aliphatic heterocycles. The molecule has 1 unspecified atom stereocenters. The van der Waals surface area contributed by atoms with Gasteiger partial charge in [0.2, 0.25) is 0 Å². The zero-order valence-electron chi connectivity index (χ0n) is 18.6. The molecule has 4 aromatic rings. The molecule has 0 radical (unpaired) electrons. The van der Waals surface area contributed by atoms with Crippen molar-refractivity contribution in [1.82, 2.24) is 19.3 Å². The highest BCUT2D eigenvalue weighted by Gasteiger charge is 2.27. The summed E-state index contributed by atoms with van der Waals surface area (Å²) in [5.41, 5.74) is 2.85. The molecule has 1 aromatic carbocycles. The number of nitrogens with zero attached hydrogens (tertiary/aromatic N) is 4. The highest BCUT2D eigenvalue weighted by Crippen LogP contribution is 2.36. The number of ketones is 1. The minimum Gasteiger partial charge on any atom is -0.485 e. The zero-order valence-corrected chi connectivity index (χ0v) is 20.3. The number of para-hydroxylation sites is 2. The van der Waals surface area contributed by atoms with Crippen LogP contribution in [0, 0.1) is 13.8 Å². The van der Waals surface area contributed by atoms with Gasteiger partial charge in [0.1, 0.15) is 6.61 Å². The van der Waals surface area contributed by atoms with Crippen molar-refractivity contribution in [2.24, 2.45) is 7.05 Å². The molecule has 0 N–H and O–H groups in total. The smallest absolute Gasteiger partial charge is 0.192 e. The largest absolute Gasteiger partial charge is 0.485 e. The molecule has 0 amide bonds. The second kappa shape index (κ2) is 9.07. The molecule has 5 rings (SSSR count). The first-order chi connectivity index (χ1) is 16.0. The van der Waals surface area contributed by atoms with Crippen molar-refractivity contribution in [3.63, 3.8) is 0 Å². The van der Waals surface area contributed by atoms with Crippen molar-refractivity contribution >= 4 is 28.9 Å². The van der Waals surface area contributed by atoms with Crippen LogP contribution in [0.4, 0.5) is 0 Å². The van der Waals surface area contributed by atoms with Gasteiger partial charge in [-0.1, -0.05) is 30.0 Å². The molecular formula is C24H24N4O3S2. The molecule has 3 aromatic heterocycles. The fraction of sp³-hybridized carbons (Fsp3) is 0.292. The van der Waals surface area contributed by atoms with E-state index in [-0.39, 0.29) is 11.9 Å². The van der Waals surface area contributed by atoms with Gasteiger partial charge in [-0.25, -0.2) is 0 Å². The van der Waals surface area contributed by atoms with Gasteiger partial charge >= 0.3 is 0 Å². The molecule has 4 heterocycles. The second-order valence-corrected chi connectivity index (χ2v) is 9.90. The summed E-state index contributed by atoms with van der Waals surface area (Å²) in [6, 6.07) is 13.7. The fourth-order valence-electron chi connectivity index (χ4n) is 3.97. The lowest BCUT2D eigenvalue weighted by Crippen LogP contribution is -2.24. The Hall–Kier alpha value is -3.04. The summed E-state index contributed by atoms with van der Waals surface area (Å²) in [7, 11) is 1.89. The molecule has 0 saturated carbocycles. The van der Waals surface area contributed by atoms with Crippen molar-refractivity contribution in [2.45, 2.75) is 31.7 Å². The molecule has 1 aliphatic rings. The number of thiophene rings is 1. The maximum Gasteiger partial charge on any atom is 0.192 e. The van der Waals surface area contributed by atoms with Gasteiger partial charge in [-0.15, -0.1) is 21.5 Å². The lowest BCUT2D eigenvalue weighted by molar-refractivity contribution is 0.0825. The average Bonchev–Trinajstić information content (AvgIpc) is 3.54. The Balaban J connectivity index is 1.26. The van der Waals surface area contributed by atoms with Gasteiger partial charge < -0.3 is 18.6 Å². The summed E-state index contributed by atoms with van der Waals surface area (Å²) in [6.07, 6.45) is -0.348. The van der Waals surface area contributed by atoms with Crippen LogP contribution in [-0.4, -0.2) is 37.5 Å². The van der Waals surface area contributed by atoms with E-state index in [1.807, 2.05) is 55.8 Å². The molecule has 0 fully saturated rings. The standard InChI is InChI=1S/C24H24N4O3S2/c1-15-11-18(16(2)28(15)12-17-7-6-10-32-17)19(29)14-33-24-26-25-23(27(24)3)22-13-30-20-8-4-5-9-21(20)31-22/h4-11,22H,12-14H2,1-3H3. The number of fused-ring (bicyclic) bond motifs is 1. The Morgan fingerprint density at radius 1 is 1.18 bits per heavy atom. The normalized spacial score (nSPS) is 15.1. The Bertz CT molecular complexity index is 1290. The fourth-order valence-corrected chi connectivity index (χ4v) is 5.47. The lowest BCUT2D eigenvalue weighted by Gasteiger charge is -2.25. The Morgan fingerprint density at radius 3 is 2.79 bits per heavy atom. The first-order valence-electron chi connectivity index (χ1n) is 10.6. The van der Waals surface area contributed by atoms with Crippen LogP contribution in [0.3, 0.4) is 0 Å². The predicted molar refractivity (Wildman–Crippen MR) is 129 cm³/mol. The highest BCUT2D eigenvalue weighted by atomic mass is 32.2. The van der Waals surface area contributed by atoms with Crippen LogP contribution >= 0.6 is 23.1 Å². The molecule has 1 atom stereocenters. The van der Waals surface area contributed by atoms with Crippen LogP contribution in [0.15, 0.2) is 53.0 Å². The van der Waals surface area contributed by atoms with E-state index in [4.69, 9.17) is 9.47 Å². The van der Waals surface area contributed by atoms with E-state index in [0.29, 0.717) is 29.1 Å². The number of benzene rings is 1. The highest BCUT2D eigenvalue weighted by molar-refractivity contribution is 7.99. The third-order valence-corrected chi connectivity index (χ3v) is 7.65. The van der Waals surface area contributed by atoms with Crippen molar-refractivity contribution in [3.05, 3.63) is 75.5 Å². The number of thioether (sulfide) groups is 1. The number of carbonyl (C=O) groups is 1. The Kier molecular flexibility index (Phi) is 5.99. The summed E-state index contributed by atoms with van der Waals surface area (Å²) in [4.78, 5) is 14.3. The third-order valence-electron chi connectivity index (χ3n) is 5.77. The number of carbonyl (C=O) groups excluding carboxylic acids is 1. The number of Topliss-reactive ketones (excluding diaryl/α,β-unsaturated/α-hetero) is 1. The van der Waals surface area contributed by atoms with Crippen molar-refractivity contribution < 1.29 is 14.3 Å². The number of hydrogen-bond donors (Lipinski definition) is 0. The number of hydrogen-bond acceptors (Lipinski definition) is 7. The summed E-state index contributed by atoms with van der Waals surface area (Å²) >= 11 is 3.11. The van der Waals surface area contributed by atoms with E-state index in [1.54, 1.807) is 11.3 Å². The number of aryl methyl sites for hydroxylation is 1. The first kappa shape index (κ1) is 21.8. The molecule has 0 spiro atoms. The van der Waals surface area contributed by atoms with Crippen LogP contribution in [0.1, 0.15) is 38.6 Å². The maximum absolute atomic E-state index is 13.0. The minimum atomic E-state index is -0.348.